The number of barbiturate groups is 1. The average molecular weight is 500 g/mol. The highest BCUT2D eigenvalue weighted by Gasteiger charge is 2.44. The van der Waals surface area contributed by atoms with Crippen molar-refractivity contribution in [2.75, 3.05) is 6.61 Å². The maximum atomic E-state index is 12.2. The molecule has 2 N–H and O–H groups in total. The minimum absolute atomic E-state index is 0.677. The predicted octanol–water partition coefficient (Wildman–Crippen LogP) is -1.43. The smallest absolute Gasteiger partial charge is 0.328 e. The standard InChI is InChI=1S/C20H24N2O13/c1-8(23)31-7-15(33-10(3)25)17(35-12(5)27)16(34-11(4)26)14(32-9(2)24)6-13-18(28)21-20(30)22-19(13)29/h6,14-17H,7H2,1-5H3,(H2,21,22,28,29,30)/t14-,15-,16-,17-/m0/s1. The fourth-order valence-corrected chi connectivity index (χ4v) is 2.85. The van der Waals surface area contributed by atoms with Crippen LogP contribution in [0.25, 0.3) is 0 Å². The van der Waals surface area contributed by atoms with Crippen LogP contribution in [0.4, 0.5) is 4.79 Å². The van der Waals surface area contributed by atoms with E-state index in [1.165, 1.54) is 0 Å². The van der Waals surface area contributed by atoms with Crippen LogP contribution in [0.1, 0.15) is 34.6 Å². The number of carbonyl (C=O) groups excluding carboxylic acids is 8. The molecule has 0 radical (unpaired) electrons. The SMILES string of the molecule is CC(=O)OC[C@H](OC(C)=O)[C@H](OC(C)=O)[C@@H](OC(C)=O)[C@H](C=C1C(=O)NC(=O)NC1=O)OC(C)=O. The number of imide groups is 2. The van der Waals surface area contributed by atoms with Crippen LogP contribution in [0.5, 0.6) is 0 Å². The fourth-order valence-electron chi connectivity index (χ4n) is 2.85. The summed E-state index contributed by atoms with van der Waals surface area (Å²) in [7, 11) is 0. The largest absolute Gasteiger partial charge is 0.462 e. The van der Waals surface area contributed by atoms with Crippen molar-refractivity contribution in [1.29, 1.82) is 0 Å². The molecule has 1 aliphatic heterocycles. The lowest BCUT2D eigenvalue weighted by Crippen LogP contribution is -2.54. The molecule has 0 unspecified atom stereocenters. The van der Waals surface area contributed by atoms with Crippen LogP contribution in [-0.4, -0.2) is 78.7 Å². The summed E-state index contributed by atoms with van der Waals surface area (Å²) in [5, 5.41) is 3.61. The highest BCUT2D eigenvalue weighted by molar-refractivity contribution is 6.28. The van der Waals surface area contributed by atoms with Crippen LogP contribution in [0, 0.1) is 0 Å². The Morgan fingerprint density at radius 1 is 0.686 bits per heavy atom. The first-order valence-corrected chi connectivity index (χ1v) is 9.92. The van der Waals surface area contributed by atoms with Crippen molar-refractivity contribution in [2.45, 2.75) is 59.0 Å². The second kappa shape index (κ2) is 12.8. The van der Waals surface area contributed by atoms with E-state index in [9.17, 15) is 38.4 Å². The Morgan fingerprint density at radius 3 is 1.57 bits per heavy atom. The van der Waals surface area contributed by atoms with E-state index < -0.39 is 84.3 Å². The van der Waals surface area contributed by atoms with Gasteiger partial charge in [0, 0.05) is 34.6 Å². The molecule has 0 aliphatic carbocycles. The quantitative estimate of drug-likeness (QED) is 0.153. The zero-order chi connectivity index (χ0) is 26.9. The van der Waals surface area contributed by atoms with Gasteiger partial charge in [-0.15, -0.1) is 0 Å². The molecular weight excluding hydrogens is 476 g/mol. The second-order valence-corrected chi connectivity index (χ2v) is 6.99. The molecule has 0 aromatic carbocycles. The van der Waals surface area contributed by atoms with Crippen molar-refractivity contribution >= 4 is 47.7 Å². The summed E-state index contributed by atoms with van der Waals surface area (Å²) >= 11 is 0. The Balaban J connectivity index is 3.65. The Morgan fingerprint density at radius 2 is 1.14 bits per heavy atom. The van der Waals surface area contributed by atoms with Gasteiger partial charge in [0.1, 0.15) is 12.2 Å². The third-order valence-corrected chi connectivity index (χ3v) is 3.96. The molecule has 15 heteroatoms. The lowest BCUT2D eigenvalue weighted by atomic mass is 9.99. The average Bonchev–Trinajstić information content (AvgIpc) is 2.68. The van der Waals surface area contributed by atoms with Crippen LogP contribution < -0.4 is 10.6 Å². The summed E-state index contributed by atoms with van der Waals surface area (Å²) in [5.74, 6) is -7.00. The zero-order valence-electron chi connectivity index (χ0n) is 19.4. The number of hydrogen-bond donors (Lipinski definition) is 2. The van der Waals surface area contributed by atoms with Gasteiger partial charge < -0.3 is 23.7 Å². The van der Waals surface area contributed by atoms with Gasteiger partial charge in [-0.05, 0) is 6.08 Å². The van der Waals surface area contributed by atoms with Crippen molar-refractivity contribution in [1.82, 2.24) is 10.6 Å². The predicted molar refractivity (Wildman–Crippen MR) is 109 cm³/mol. The molecule has 0 saturated carbocycles. The van der Waals surface area contributed by atoms with Gasteiger partial charge in [0.2, 0.25) is 0 Å². The maximum absolute atomic E-state index is 12.2. The van der Waals surface area contributed by atoms with Gasteiger partial charge in [0.05, 0.1) is 0 Å². The molecule has 1 heterocycles. The van der Waals surface area contributed by atoms with Crippen LogP contribution in [0.2, 0.25) is 0 Å². The summed E-state index contributed by atoms with van der Waals surface area (Å²) < 4.78 is 25.4. The second-order valence-electron chi connectivity index (χ2n) is 6.99. The van der Waals surface area contributed by atoms with Crippen LogP contribution in [0.3, 0.4) is 0 Å². The van der Waals surface area contributed by atoms with Gasteiger partial charge >= 0.3 is 35.9 Å². The molecule has 0 spiro atoms. The molecule has 35 heavy (non-hydrogen) atoms. The summed E-state index contributed by atoms with van der Waals surface area (Å²) in [6.45, 7) is 4.21. The van der Waals surface area contributed by atoms with Crippen molar-refractivity contribution in [3.05, 3.63) is 11.6 Å². The van der Waals surface area contributed by atoms with E-state index in [0.717, 1.165) is 40.7 Å². The van der Waals surface area contributed by atoms with Crippen molar-refractivity contribution < 1.29 is 62.0 Å². The fraction of sp³-hybridized carbons (Fsp3) is 0.500. The lowest BCUT2D eigenvalue weighted by Gasteiger charge is -2.34. The minimum atomic E-state index is -1.83. The van der Waals surface area contributed by atoms with Crippen molar-refractivity contribution in [2.24, 2.45) is 0 Å². The van der Waals surface area contributed by atoms with E-state index in [0.29, 0.717) is 0 Å². The van der Waals surface area contributed by atoms with Gasteiger partial charge in [-0.25, -0.2) is 4.79 Å². The first kappa shape index (κ1) is 28.7. The highest BCUT2D eigenvalue weighted by Crippen LogP contribution is 2.22. The third kappa shape index (κ3) is 9.61. The molecule has 15 nitrogen and oxygen atoms in total. The van der Waals surface area contributed by atoms with Gasteiger partial charge in [0.25, 0.3) is 11.8 Å². The first-order chi connectivity index (χ1) is 16.2. The molecule has 1 fully saturated rings. The number of nitrogens with one attached hydrogen (secondary N) is 2. The highest BCUT2D eigenvalue weighted by atomic mass is 16.6. The van der Waals surface area contributed by atoms with E-state index >= 15 is 0 Å². The summed E-state index contributed by atoms with van der Waals surface area (Å²) in [6.07, 6.45) is -6.23. The molecule has 1 aliphatic rings. The number of urea groups is 1. The molecule has 0 aromatic heterocycles. The number of amides is 4. The van der Waals surface area contributed by atoms with Crippen LogP contribution in [0.15, 0.2) is 11.6 Å². The number of ether oxygens (including phenoxy) is 5. The normalized spacial score (nSPS) is 16.4. The molecule has 1 saturated heterocycles. The van der Waals surface area contributed by atoms with Gasteiger partial charge in [0.15, 0.2) is 24.4 Å². The van der Waals surface area contributed by atoms with Crippen LogP contribution >= 0.6 is 0 Å². The molecule has 4 amide bonds. The zero-order valence-corrected chi connectivity index (χ0v) is 19.4. The van der Waals surface area contributed by atoms with E-state index in [1.807, 2.05) is 0 Å². The number of rotatable bonds is 10. The van der Waals surface area contributed by atoms with Crippen LogP contribution in [-0.2, 0) is 57.2 Å². The van der Waals surface area contributed by atoms with Crippen molar-refractivity contribution in [3.63, 3.8) is 0 Å². The molecule has 0 aromatic rings. The molecule has 4 atom stereocenters. The topological polar surface area (TPSA) is 207 Å². The Labute approximate surface area is 198 Å². The number of carbonyl (C=O) groups is 8. The first-order valence-electron chi connectivity index (χ1n) is 9.92. The van der Waals surface area contributed by atoms with E-state index in [2.05, 4.69) is 0 Å². The monoisotopic (exact) mass is 500 g/mol. The molecular formula is C20H24N2O13. The number of hydrogen-bond acceptors (Lipinski definition) is 13. The van der Waals surface area contributed by atoms with Gasteiger partial charge in [-0.3, -0.25) is 44.2 Å². The lowest BCUT2D eigenvalue weighted by molar-refractivity contribution is -0.199. The summed E-state index contributed by atoms with van der Waals surface area (Å²) in [4.78, 5) is 94.2. The number of esters is 5. The Hall–Kier alpha value is -4.30. The van der Waals surface area contributed by atoms with Crippen molar-refractivity contribution in [3.8, 4) is 0 Å². The molecule has 1 rings (SSSR count). The third-order valence-electron chi connectivity index (χ3n) is 3.96. The molecule has 192 valence electrons. The van der Waals surface area contributed by atoms with Gasteiger partial charge in [-0.1, -0.05) is 0 Å². The minimum Gasteiger partial charge on any atom is -0.462 e. The summed E-state index contributed by atoms with van der Waals surface area (Å²) in [6, 6.07) is -1.10. The maximum Gasteiger partial charge on any atom is 0.328 e. The van der Waals surface area contributed by atoms with E-state index in [-0.39, 0.29) is 0 Å². The van der Waals surface area contributed by atoms with E-state index in [4.69, 9.17) is 23.7 Å². The van der Waals surface area contributed by atoms with Gasteiger partial charge in [-0.2, -0.15) is 0 Å². The Kier molecular flexibility index (Phi) is 10.5. The summed E-state index contributed by atoms with van der Waals surface area (Å²) in [5.41, 5.74) is -0.710. The molecule has 0 bridgehead atoms. The van der Waals surface area contributed by atoms with E-state index in [1.54, 1.807) is 10.6 Å². The Bertz CT molecular complexity index is 933.